The summed E-state index contributed by atoms with van der Waals surface area (Å²) in [5, 5.41) is 3.76. The Morgan fingerprint density at radius 2 is 1.97 bits per heavy atom. The van der Waals surface area contributed by atoms with Crippen LogP contribution in [0.15, 0.2) is 36.7 Å². The molecule has 0 spiro atoms. The minimum Gasteiger partial charge on any atom is -0.493 e. The number of nitrogens with one attached hydrogen (secondary N) is 1. The highest BCUT2D eigenvalue weighted by molar-refractivity contribution is 6.31. The largest absolute Gasteiger partial charge is 0.493 e. The number of likely N-dealkylation sites (tertiary alicyclic amines) is 1. The molecule has 1 aliphatic heterocycles. The molecule has 2 fully saturated rings. The molecule has 196 valence electrons. The third kappa shape index (κ3) is 5.36. The van der Waals surface area contributed by atoms with Gasteiger partial charge in [-0.15, -0.1) is 0 Å². The molecule has 0 amide bonds. The Bertz CT molecular complexity index is 1280. The lowest BCUT2D eigenvalue weighted by atomic mass is 9.91. The quantitative estimate of drug-likeness (QED) is 0.368. The van der Waals surface area contributed by atoms with E-state index in [9.17, 15) is 9.18 Å². The van der Waals surface area contributed by atoms with E-state index in [1.54, 1.807) is 19.2 Å². The number of nitrogens with zero attached hydrogens (tertiary/aromatic N) is 3. The molecule has 2 heterocycles. The smallest absolute Gasteiger partial charge is 0.165 e. The molecular formula is C28H32ClFN4O3. The van der Waals surface area contributed by atoms with Gasteiger partial charge in [-0.1, -0.05) is 24.6 Å². The molecule has 1 atom stereocenters. The van der Waals surface area contributed by atoms with E-state index in [1.165, 1.54) is 12.4 Å². The third-order valence-corrected chi connectivity index (χ3v) is 7.84. The summed E-state index contributed by atoms with van der Waals surface area (Å²) in [6.45, 7) is 2.96. The number of Topliss-reactive ketones (excluding diaryl/α,β-unsaturated/α-hetero) is 1. The average Bonchev–Trinajstić information content (AvgIpc) is 3.41. The monoisotopic (exact) mass is 526 g/mol. The van der Waals surface area contributed by atoms with E-state index >= 15 is 0 Å². The third-order valence-electron chi connectivity index (χ3n) is 7.55. The summed E-state index contributed by atoms with van der Waals surface area (Å²) < 4.78 is 26.6. The summed E-state index contributed by atoms with van der Waals surface area (Å²) in [6.07, 6.45) is 7.94. The van der Waals surface area contributed by atoms with Gasteiger partial charge in [0.05, 0.1) is 35.5 Å². The molecule has 1 saturated heterocycles. The summed E-state index contributed by atoms with van der Waals surface area (Å²) in [5.74, 6) is 1.45. The summed E-state index contributed by atoms with van der Waals surface area (Å²) in [5.41, 5.74) is 0.874. The van der Waals surface area contributed by atoms with Gasteiger partial charge >= 0.3 is 0 Å². The Morgan fingerprint density at radius 3 is 2.73 bits per heavy atom. The van der Waals surface area contributed by atoms with E-state index < -0.39 is 5.82 Å². The predicted octanol–water partition coefficient (Wildman–Crippen LogP) is 6.31. The lowest BCUT2D eigenvalue weighted by Gasteiger charge is -2.37. The van der Waals surface area contributed by atoms with Gasteiger partial charge < -0.3 is 14.8 Å². The maximum Gasteiger partial charge on any atom is 0.165 e. The first-order valence-corrected chi connectivity index (χ1v) is 13.3. The number of benzene rings is 2. The number of ether oxygens (including phenoxy) is 2. The lowest BCUT2D eigenvalue weighted by molar-refractivity contribution is -0.124. The maximum atomic E-state index is 14.5. The zero-order valence-corrected chi connectivity index (χ0v) is 21.9. The highest BCUT2D eigenvalue weighted by Crippen LogP contribution is 2.38. The van der Waals surface area contributed by atoms with Crippen LogP contribution in [-0.2, 0) is 4.79 Å². The zero-order chi connectivity index (χ0) is 25.9. The van der Waals surface area contributed by atoms with Crippen LogP contribution in [-0.4, -0.2) is 52.5 Å². The molecule has 3 aromatic rings. The zero-order valence-electron chi connectivity index (χ0n) is 21.2. The van der Waals surface area contributed by atoms with Crippen LogP contribution in [0.2, 0.25) is 5.02 Å². The van der Waals surface area contributed by atoms with E-state index in [1.807, 2.05) is 19.1 Å². The normalized spacial score (nSPS) is 22.2. The fraction of sp³-hybridized carbons (Fsp3) is 0.464. The summed E-state index contributed by atoms with van der Waals surface area (Å²) in [4.78, 5) is 23.5. The van der Waals surface area contributed by atoms with Crippen molar-refractivity contribution in [2.45, 2.75) is 70.1 Å². The Hall–Kier alpha value is -2.97. The molecule has 1 saturated carbocycles. The first-order chi connectivity index (χ1) is 18.0. The number of aromatic nitrogens is 2. The van der Waals surface area contributed by atoms with Gasteiger partial charge in [0.15, 0.2) is 17.3 Å². The van der Waals surface area contributed by atoms with Crippen molar-refractivity contribution < 1.29 is 18.7 Å². The van der Waals surface area contributed by atoms with Crippen molar-refractivity contribution in [1.29, 1.82) is 0 Å². The second-order valence-electron chi connectivity index (χ2n) is 9.73. The summed E-state index contributed by atoms with van der Waals surface area (Å²) in [7, 11) is 1.60. The van der Waals surface area contributed by atoms with Crippen LogP contribution >= 0.6 is 11.6 Å². The number of rotatable bonds is 8. The number of methoxy groups -OCH3 is 1. The van der Waals surface area contributed by atoms with E-state index in [0.29, 0.717) is 46.5 Å². The van der Waals surface area contributed by atoms with Crippen molar-refractivity contribution in [3.8, 4) is 11.5 Å². The number of carbonyl (C=O) groups excluding carboxylic acids is 1. The number of ketones is 1. The Morgan fingerprint density at radius 1 is 1.16 bits per heavy atom. The molecule has 1 aliphatic carbocycles. The van der Waals surface area contributed by atoms with Crippen molar-refractivity contribution in [2.75, 3.05) is 19.0 Å². The van der Waals surface area contributed by atoms with Crippen LogP contribution in [0.1, 0.15) is 51.9 Å². The van der Waals surface area contributed by atoms with Crippen molar-refractivity contribution >= 4 is 39.8 Å². The number of hydrogen-bond acceptors (Lipinski definition) is 7. The van der Waals surface area contributed by atoms with Crippen LogP contribution in [0.25, 0.3) is 10.9 Å². The van der Waals surface area contributed by atoms with Gasteiger partial charge in [0.1, 0.15) is 17.9 Å². The van der Waals surface area contributed by atoms with E-state index in [0.717, 1.165) is 45.1 Å². The molecule has 2 aliphatic rings. The van der Waals surface area contributed by atoms with Crippen LogP contribution in [0.3, 0.4) is 0 Å². The molecule has 0 bridgehead atoms. The standard InChI is InChI=1S/C28H32ClFN4O3/c1-3-24(35)23-8-5-13-34(23)17-9-11-18(12-10-17)37-26-14-19-22(15-25(26)36-2)31-16-32-28(19)33-21-7-4-6-20(29)27(21)30/h4,6-7,14-18,23H,3,5,8-13H2,1-2H3,(H,31,32,33)/t17?,18?,23-/m0/s1. The minimum atomic E-state index is -0.543. The van der Waals surface area contributed by atoms with Gasteiger partial charge in [-0.25, -0.2) is 14.4 Å². The molecule has 37 heavy (non-hydrogen) atoms. The van der Waals surface area contributed by atoms with Gasteiger partial charge in [0.25, 0.3) is 0 Å². The predicted molar refractivity (Wildman–Crippen MR) is 142 cm³/mol. The second-order valence-corrected chi connectivity index (χ2v) is 10.1. The van der Waals surface area contributed by atoms with Crippen molar-refractivity contribution in [1.82, 2.24) is 14.9 Å². The van der Waals surface area contributed by atoms with Crippen molar-refractivity contribution in [3.05, 3.63) is 47.5 Å². The molecular weight excluding hydrogens is 495 g/mol. The van der Waals surface area contributed by atoms with Crippen molar-refractivity contribution in [3.63, 3.8) is 0 Å². The van der Waals surface area contributed by atoms with Gasteiger partial charge in [0, 0.05) is 23.9 Å². The number of carbonyl (C=O) groups is 1. The fourth-order valence-corrected chi connectivity index (χ4v) is 5.80. The molecule has 1 N–H and O–H groups in total. The van der Waals surface area contributed by atoms with Crippen LogP contribution in [0, 0.1) is 5.82 Å². The average molecular weight is 527 g/mol. The van der Waals surface area contributed by atoms with E-state index in [4.69, 9.17) is 21.1 Å². The Labute approximate surface area is 221 Å². The first kappa shape index (κ1) is 25.7. The summed E-state index contributed by atoms with van der Waals surface area (Å²) in [6, 6.07) is 8.95. The minimum absolute atomic E-state index is 0.0315. The van der Waals surface area contributed by atoms with Gasteiger partial charge in [-0.3, -0.25) is 9.69 Å². The molecule has 0 unspecified atom stereocenters. The highest BCUT2D eigenvalue weighted by atomic mass is 35.5. The van der Waals surface area contributed by atoms with Gasteiger partial charge in [0.2, 0.25) is 0 Å². The van der Waals surface area contributed by atoms with Crippen LogP contribution in [0.4, 0.5) is 15.9 Å². The molecule has 9 heteroatoms. The molecule has 2 aromatic carbocycles. The number of anilines is 2. The fourth-order valence-electron chi connectivity index (χ4n) is 5.62. The summed E-state index contributed by atoms with van der Waals surface area (Å²) >= 11 is 5.95. The number of fused-ring (bicyclic) bond motifs is 1. The molecule has 7 nitrogen and oxygen atoms in total. The first-order valence-electron chi connectivity index (χ1n) is 13.0. The van der Waals surface area contributed by atoms with Gasteiger partial charge in [-0.05, 0) is 63.3 Å². The topological polar surface area (TPSA) is 76.6 Å². The van der Waals surface area contributed by atoms with Crippen LogP contribution in [0.5, 0.6) is 11.5 Å². The van der Waals surface area contributed by atoms with Gasteiger partial charge in [-0.2, -0.15) is 0 Å². The van der Waals surface area contributed by atoms with Crippen molar-refractivity contribution in [2.24, 2.45) is 0 Å². The molecule has 1 aromatic heterocycles. The Balaban J connectivity index is 1.33. The molecule has 0 radical (unpaired) electrons. The van der Waals surface area contributed by atoms with E-state index in [2.05, 4.69) is 20.2 Å². The molecule has 5 rings (SSSR count). The highest BCUT2D eigenvalue weighted by Gasteiger charge is 2.36. The van der Waals surface area contributed by atoms with Crippen LogP contribution < -0.4 is 14.8 Å². The van der Waals surface area contributed by atoms with E-state index in [-0.39, 0.29) is 22.9 Å². The number of hydrogen-bond donors (Lipinski definition) is 1. The lowest BCUT2D eigenvalue weighted by Crippen LogP contribution is -2.45. The second kappa shape index (κ2) is 11.2. The maximum absolute atomic E-state index is 14.5. The number of halogens is 2. The Kier molecular flexibility index (Phi) is 7.76. The SMILES string of the molecule is CCC(=O)[C@@H]1CCCN1C1CCC(Oc2cc3c(Nc4cccc(Cl)c4F)ncnc3cc2OC)CC1.